The molecule has 1 saturated heterocycles. The fourth-order valence-electron chi connectivity index (χ4n) is 3.72. The first-order chi connectivity index (χ1) is 13.9. The van der Waals surface area contributed by atoms with Gasteiger partial charge in [0.15, 0.2) is 6.17 Å². The van der Waals surface area contributed by atoms with Gasteiger partial charge in [-0.2, -0.15) is 18.2 Å². The van der Waals surface area contributed by atoms with E-state index in [0.717, 1.165) is 17.2 Å². The summed E-state index contributed by atoms with van der Waals surface area (Å²) in [7, 11) is 0. The minimum atomic E-state index is -5.14. The van der Waals surface area contributed by atoms with E-state index in [2.05, 4.69) is 0 Å². The summed E-state index contributed by atoms with van der Waals surface area (Å²) >= 11 is 11.8. The lowest BCUT2D eigenvalue weighted by Gasteiger charge is -2.33. The van der Waals surface area contributed by atoms with Gasteiger partial charge in [0, 0.05) is 22.2 Å². The molecule has 0 saturated carbocycles. The number of aryl methyl sites for hydroxylation is 1. The van der Waals surface area contributed by atoms with E-state index >= 15 is 4.39 Å². The third-order valence-electron chi connectivity index (χ3n) is 5.08. The summed E-state index contributed by atoms with van der Waals surface area (Å²) in [4.78, 5) is 16.5. The molecule has 0 aromatic heterocycles. The second-order valence-electron chi connectivity index (χ2n) is 6.94. The number of carboxylic acids is 1. The second kappa shape index (κ2) is 8.00. The molecule has 3 rings (SSSR count). The second-order valence-corrected chi connectivity index (χ2v) is 7.82. The van der Waals surface area contributed by atoms with Crippen molar-refractivity contribution < 1.29 is 32.3 Å². The molecule has 3 unspecified atom stereocenters. The molecule has 0 aliphatic carbocycles. The van der Waals surface area contributed by atoms with E-state index in [4.69, 9.17) is 28.0 Å². The average molecular weight is 466 g/mol. The van der Waals surface area contributed by atoms with Crippen molar-refractivity contribution in [2.75, 3.05) is 6.54 Å². The van der Waals surface area contributed by atoms with E-state index in [1.807, 2.05) is 0 Å². The minimum Gasteiger partial charge on any atom is -0.478 e. The first kappa shape index (κ1) is 22.8. The molecular formula is C20H17Cl2F4NO3. The minimum absolute atomic E-state index is 0.0279. The largest absolute Gasteiger partial charge is 0.478 e. The maximum Gasteiger partial charge on any atom is 0.426 e. The molecule has 0 amide bonds. The van der Waals surface area contributed by atoms with E-state index in [0.29, 0.717) is 5.56 Å². The zero-order valence-corrected chi connectivity index (χ0v) is 17.3. The maximum atomic E-state index is 15.8. The highest BCUT2D eigenvalue weighted by atomic mass is 35.5. The number of hydrogen-bond acceptors (Lipinski definition) is 3. The highest BCUT2D eigenvalue weighted by Crippen LogP contribution is 2.56. The molecule has 2 aromatic rings. The SMILES string of the molecule is CCN1OC(c2cc(Cl)cc(Cl)c2)(C(F)(F)F)C(F)C1c1ccc(C(=O)O)c(C)c1. The van der Waals surface area contributed by atoms with Crippen molar-refractivity contribution in [1.82, 2.24) is 5.06 Å². The summed E-state index contributed by atoms with van der Waals surface area (Å²) in [5, 5.41) is 9.90. The Balaban J connectivity index is 2.18. The van der Waals surface area contributed by atoms with Crippen molar-refractivity contribution in [3.05, 3.63) is 68.7 Å². The van der Waals surface area contributed by atoms with E-state index < -0.39 is 35.5 Å². The van der Waals surface area contributed by atoms with Crippen LogP contribution in [-0.4, -0.2) is 35.0 Å². The highest BCUT2D eigenvalue weighted by Gasteiger charge is 2.70. The van der Waals surface area contributed by atoms with Gasteiger partial charge < -0.3 is 5.11 Å². The van der Waals surface area contributed by atoms with Crippen LogP contribution in [0, 0.1) is 6.92 Å². The lowest BCUT2D eigenvalue weighted by molar-refractivity contribution is -0.334. The van der Waals surface area contributed by atoms with E-state index in [1.54, 1.807) is 0 Å². The van der Waals surface area contributed by atoms with Crippen LogP contribution in [0.2, 0.25) is 10.0 Å². The van der Waals surface area contributed by atoms with Crippen LogP contribution in [0.15, 0.2) is 36.4 Å². The normalized spacial score (nSPS) is 24.9. The Morgan fingerprint density at radius 2 is 1.80 bits per heavy atom. The van der Waals surface area contributed by atoms with Gasteiger partial charge in [-0.25, -0.2) is 9.18 Å². The zero-order valence-electron chi connectivity index (χ0n) is 15.8. The quantitative estimate of drug-likeness (QED) is 0.553. The van der Waals surface area contributed by atoms with Crippen LogP contribution in [0.3, 0.4) is 0 Å². The summed E-state index contributed by atoms with van der Waals surface area (Å²) < 4.78 is 58.7. The van der Waals surface area contributed by atoms with Gasteiger partial charge in [-0.3, -0.25) is 4.84 Å². The van der Waals surface area contributed by atoms with Crippen molar-refractivity contribution in [1.29, 1.82) is 0 Å². The van der Waals surface area contributed by atoms with Crippen molar-refractivity contribution in [3.8, 4) is 0 Å². The summed E-state index contributed by atoms with van der Waals surface area (Å²) in [6.45, 7) is 2.95. The van der Waals surface area contributed by atoms with E-state index in [-0.39, 0.29) is 27.7 Å². The van der Waals surface area contributed by atoms with Gasteiger partial charge >= 0.3 is 12.1 Å². The molecule has 162 valence electrons. The van der Waals surface area contributed by atoms with Gasteiger partial charge in [0.05, 0.1) is 11.6 Å². The van der Waals surface area contributed by atoms with Crippen LogP contribution < -0.4 is 0 Å². The number of nitrogens with zero attached hydrogens (tertiary/aromatic N) is 1. The molecule has 1 aliphatic heterocycles. The van der Waals surface area contributed by atoms with Crippen LogP contribution in [0.4, 0.5) is 17.6 Å². The fraction of sp³-hybridized carbons (Fsp3) is 0.350. The Kier molecular flexibility index (Phi) is 6.08. The smallest absolute Gasteiger partial charge is 0.426 e. The van der Waals surface area contributed by atoms with Gasteiger partial charge in [-0.05, 0) is 42.3 Å². The van der Waals surface area contributed by atoms with Gasteiger partial charge in [0.25, 0.3) is 0 Å². The Morgan fingerprint density at radius 3 is 2.27 bits per heavy atom. The van der Waals surface area contributed by atoms with Crippen LogP contribution in [0.5, 0.6) is 0 Å². The number of benzene rings is 2. The Morgan fingerprint density at radius 1 is 1.20 bits per heavy atom. The lowest BCUT2D eigenvalue weighted by atomic mass is 9.83. The number of aromatic carboxylic acids is 1. The average Bonchev–Trinajstić information content (AvgIpc) is 2.93. The van der Waals surface area contributed by atoms with Gasteiger partial charge in [-0.15, -0.1) is 0 Å². The van der Waals surface area contributed by atoms with Crippen LogP contribution in [0.25, 0.3) is 0 Å². The van der Waals surface area contributed by atoms with Crippen molar-refractivity contribution in [2.24, 2.45) is 0 Å². The first-order valence-electron chi connectivity index (χ1n) is 8.89. The monoisotopic (exact) mass is 465 g/mol. The number of hydrogen-bond donors (Lipinski definition) is 1. The fourth-order valence-corrected chi connectivity index (χ4v) is 4.25. The van der Waals surface area contributed by atoms with Gasteiger partial charge in [0.2, 0.25) is 5.60 Å². The first-order valence-corrected chi connectivity index (χ1v) is 9.65. The molecule has 4 nitrogen and oxygen atoms in total. The third kappa shape index (κ3) is 3.66. The summed E-state index contributed by atoms with van der Waals surface area (Å²) in [5.74, 6) is -1.19. The van der Waals surface area contributed by atoms with Crippen molar-refractivity contribution >= 4 is 29.2 Å². The number of alkyl halides is 4. The van der Waals surface area contributed by atoms with E-state index in [9.17, 15) is 23.1 Å². The Bertz CT molecular complexity index is 965. The van der Waals surface area contributed by atoms with Gasteiger partial charge in [-0.1, -0.05) is 42.3 Å². The van der Waals surface area contributed by atoms with Crippen molar-refractivity contribution in [3.63, 3.8) is 0 Å². The lowest BCUT2D eigenvalue weighted by Crippen LogP contribution is -2.49. The summed E-state index contributed by atoms with van der Waals surface area (Å²) in [6, 6.07) is 5.63. The number of hydroxylamine groups is 2. The molecule has 0 spiro atoms. The molecule has 0 bridgehead atoms. The van der Waals surface area contributed by atoms with Crippen molar-refractivity contribution in [2.45, 2.75) is 37.8 Å². The van der Waals surface area contributed by atoms with Crippen LogP contribution in [-0.2, 0) is 10.4 Å². The zero-order chi connectivity index (χ0) is 22.4. The van der Waals surface area contributed by atoms with Gasteiger partial charge in [0.1, 0.15) is 0 Å². The highest BCUT2D eigenvalue weighted by molar-refractivity contribution is 6.34. The molecular weight excluding hydrogens is 449 g/mol. The van der Waals surface area contributed by atoms with E-state index in [1.165, 1.54) is 38.1 Å². The Hall–Kier alpha value is -1.87. The van der Waals surface area contributed by atoms with Crippen LogP contribution in [0.1, 0.15) is 40.0 Å². The number of rotatable bonds is 4. The number of carboxylic acid groups (broad SMARTS) is 1. The molecule has 2 aromatic carbocycles. The summed E-state index contributed by atoms with van der Waals surface area (Å²) in [5.41, 5.74) is -3.47. The molecule has 30 heavy (non-hydrogen) atoms. The summed E-state index contributed by atoms with van der Waals surface area (Å²) in [6.07, 6.45) is -7.72. The van der Waals surface area contributed by atoms with Crippen LogP contribution >= 0.6 is 23.2 Å². The molecule has 1 heterocycles. The number of carbonyl (C=O) groups is 1. The molecule has 1 N–H and O–H groups in total. The topological polar surface area (TPSA) is 49.8 Å². The maximum absolute atomic E-state index is 15.8. The standard InChI is InChI=1S/C20H17Cl2F4NO3/c1-3-27-16(11-4-5-15(18(28)29)10(2)6-11)17(23)19(30-27,20(24,25)26)12-7-13(21)9-14(22)8-12/h4-9,16-17H,3H2,1-2H3,(H,28,29). The predicted octanol–water partition coefficient (Wildman–Crippen LogP) is 6.10. The molecule has 1 fully saturated rings. The molecule has 1 aliphatic rings. The molecule has 3 atom stereocenters. The number of halogens is 6. The predicted molar refractivity (Wildman–Crippen MR) is 103 cm³/mol. The third-order valence-corrected chi connectivity index (χ3v) is 5.52. The molecule has 0 radical (unpaired) electrons. The molecule has 10 heteroatoms. The Labute approximate surface area is 179 Å².